The van der Waals surface area contributed by atoms with Gasteiger partial charge in [-0.25, -0.2) is 5.01 Å². The van der Waals surface area contributed by atoms with E-state index in [4.69, 9.17) is 24.8 Å². The van der Waals surface area contributed by atoms with Crippen LogP contribution in [0.25, 0.3) is 0 Å². The minimum absolute atomic E-state index is 0. The third-order valence-corrected chi connectivity index (χ3v) is 1.94. The first-order chi connectivity index (χ1) is 5.18. The van der Waals surface area contributed by atoms with Crippen LogP contribution in [-0.2, 0) is 12.6 Å². The normalized spacial score (nSPS) is 19.8. The van der Waals surface area contributed by atoms with Crippen LogP contribution in [0.1, 0.15) is 0 Å². The van der Waals surface area contributed by atoms with E-state index < -0.39 is 0 Å². The molecule has 1 saturated heterocycles. The Balaban J connectivity index is 0.00000121. The number of nitrogens with zero attached hydrogens (tertiary/aromatic N) is 2. The minimum Gasteiger partial charge on any atom is -0.410 e. The molecule has 0 aromatic heterocycles. The van der Waals surface area contributed by atoms with Gasteiger partial charge >= 0.3 is 51.4 Å². The van der Waals surface area contributed by atoms with E-state index in [0.29, 0.717) is 4.32 Å². The number of nitrogens with one attached hydrogen (secondary N) is 1. The van der Waals surface area contributed by atoms with Gasteiger partial charge < -0.3 is 35.2 Å². The summed E-state index contributed by atoms with van der Waals surface area (Å²) in [6.07, 6.45) is 0. The maximum atomic E-state index is 4.75. The average Bonchev–Trinajstić information content (AvgIpc) is 1.93. The Morgan fingerprint density at radius 1 is 1.33 bits per heavy atom. The Kier molecular flexibility index (Phi) is 8.00. The van der Waals surface area contributed by atoms with Crippen LogP contribution in [0.2, 0.25) is 0 Å². The second-order valence-corrected chi connectivity index (χ2v) is 3.76. The fourth-order valence-electron chi connectivity index (χ4n) is 1.05. The zero-order valence-electron chi connectivity index (χ0n) is 7.54. The number of hydrogen-bond donors (Lipinski definition) is 1. The number of rotatable bonds is 1. The van der Waals surface area contributed by atoms with Crippen molar-refractivity contribution in [1.29, 1.82) is 0 Å². The number of thiocarbonyl (C=S) groups is 1. The summed E-state index contributed by atoms with van der Waals surface area (Å²) in [5, 5.41) is 2.06. The summed E-state index contributed by atoms with van der Waals surface area (Å²) in [4.78, 5) is 2.28. The standard InChI is InChI=1S/C6H13N3S2.K/c1-8-2-4-9(5-3-8)7-6(10)11;/h2-5H2,1H3,(H2,7,10,11);/q;+1/p-1. The first-order valence-corrected chi connectivity index (χ1v) is 4.41. The van der Waals surface area contributed by atoms with Crippen LogP contribution in [0.3, 0.4) is 0 Å². The minimum atomic E-state index is 0. The van der Waals surface area contributed by atoms with Crippen LogP contribution in [0, 0.1) is 0 Å². The molecule has 1 aliphatic rings. The molecule has 0 atom stereocenters. The molecule has 1 fully saturated rings. The first kappa shape index (κ1) is 13.7. The molecule has 12 heavy (non-hydrogen) atoms. The van der Waals surface area contributed by atoms with Gasteiger partial charge in [0.05, 0.1) is 0 Å². The van der Waals surface area contributed by atoms with E-state index in [9.17, 15) is 0 Å². The van der Waals surface area contributed by atoms with E-state index in [1.807, 2.05) is 0 Å². The Labute approximate surface area is 127 Å². The maximum Gasteiger partial charge on any atom is 1.00 e. The predicted molar refractivity (Wildman–Crippen MR) is 52.2 cm³/mol. The molecule has 0 aliphatic carbocycles. The summed E-state index contributed by atoms with van der Waals surface area (Å²) in [5.74, 6) is 0. The van der Waals surface area contributed by atoms with E-state index in [1.54, 1.807) is 0 Å². The number of hydrogen-bond acceptors (Lipinski definition) is 4. The molecule has 0 amide bonds. The van der Waals surface area contributed by atoms with Gasteiger partial charge in [0.25, 0.3) is 0 Å². The molecule has 0 unspecified atom stereocenters. The van der Waals surface area contributed by atoms with Gasteiger partial charge in [-0.05, 0) is 11.4 Å². The molecule has 0 aromatic carbocycles. The summed E-state index contributed by atoms with van der Waals surface area (Å²) in [5.41, 5.74) is 2.96. The molecular formula is C6H12KN3S2. The molecule has 1 rings (SSSR count). The Morgan fingerprint density at radius 3 is 2.25 bits per heavy atom. The van der Waals surface area contributed by atoms with Crippen LogP contribution in [0.4, 0.5) is 0 Å². The second kappa shape index (κ2) is 7.02. The summed E-state index contributed by atoms with van der Waals surface area (Å²) < 4.78 is 0.439. The van der Waals surface area contributed by atoms with E-state index in [1.165, 1.54) is 0 Å². The van der Waals surface area contributed by atoms with Gasteiger partial charge in [0, 0.05) is 26.2 Å². The van der Waals surface area contributed by atoms with Crippen molar-refractivity contribution in [3.63, 3.8) is 0 Å². The van der Waals surface area contributed by atoms with E-state index in [2.05, 4.69) is 22.4 Å². The van der Waals surface area contributed by atoms with Gasteiger partial charge in [-0.1, -0.05) is 0 Å². The predicted octanol–water partition coefficient (Wildman–Crippen LogP) is -3.43. The second-order valence-electron chi connectivity index (χ2n) is 2.69. The fraction of sp³-hybridized carbons (Fsp3) is 0.833. The Morgan fingerprint density at radius 2 is 1.83 bits per heavy atom. The van der Waals surface area contributed by atoms with Gasteiger partial charge in [0.2, 0.25) is 0 Å². The number of piperazine rings is 1. The van der Waals surface area contributed by atoms with Crippen LogP contribution in [-0.4, -0.2) is 47.5 Å². The van der Waals surface area contributed by atoms with E-state index in [-0.39, 0.29) is 51.4 Å². The average molecular weight is 229 g/mol. The molecule has 0 saturated carbocycles. The third-order valence-electron chi connectivity index (χ3n) is 1.75. The van der Waals surface area contributed by atoms with Gasteiger partial charge in [-0.2, -0.15) is 0 Å². The maximum absolute atomic E-state index is 4.75. The first-order valence-electron chi connectivity index (χ1n) is 3.59. The Bertz CT molecular complexity index is 148. The molecule has 3 nitrogen and oxygen atoms in total. The molecule has 0 spiro atoms. The Hall–Kier alpha value is 1.67. The summed E-state index contributed by atoms with van der Waals surface area (Å²) in [6.45, 7) is 4.14. The fourth-order valence-corrected chi connectivity index (χ4v) is 1.31. The van der Waals surface area contributed by atoms with Crippen LogP contribution in [0.5, 0.6) is 0 Å². The van der Waals surface area contributed by atoms with Crippen molar-refractivity contribution in [1.82, 2.24) is 15.3 Å². The van der Waals surface area contributed by atoms with Gasteiger partial charge in [-0.3, -0.25) is 0 Å². The zero-order valence-corrected chi connectivity index (χ0v) is 12.3. The summed E-state index contributed by atoms with van der Waals surface area (Å²) in [7, 11) is 2.11. The molecular weight excluding hydrogens is 217 g/mol. The quantitative estimate of drug-likeness (QED) is 0.286. The molecule has 1 N–H and O–H groups in total. The van der Waals surface area contributed by atoms with Gasteiger partial charge in [-0.15, -0.1) is 0 Å². The van der Waals surface area contributed by atoms with E-state index in [0.717, 1.165) is 26.2 Å². The van der Waals surface area contributed by atoms with Crippen molar-refractivity contribution in [2.75, 3.05) is 33.2 Å². The van der Waals surface area contributed by atoms with E-state index >= 15 is 0 Å². The van der Waals surface area contributed by atoms with Crippen molar-refractivity contribution in [2.24, 2.45) is 0 Å². The number of likely N-dealkylation sites (N-methyl/N-ethyl adjacent to an activating group) is 1. The van der Waals surface area contributed by atoms with Crippen molar-refractivity contribution in [2.45, 2.75) is 0 Å². The third kappa shape index (κ3) is 5.41. The molecule has 0 bridgehead atoms. The monoisotopic (exact) mass is 229 g/mol. The van der Waals surface area contributed by atoms with Crippen LogP contribution in [0.15, 0.2) is 0 Å². The molecule has 0 aromatic rings. The van der Waals surface area contributed by atoms with Crippen molar-refractivity contribution >= 4 is 29.2 Å². The van der Waals surface area contributed by atoms with Crippen molar-refractivity contribution < 1.29 is 51.4 Å². The molecule has 1 aliphatic heterocycles. The smallest absolute Gasteiger partial charge is 0.410 e. The largest absolute Gasteiger partial charge is 1.00 e. The molecule has 64 valence electrons. The van der Waals surface area contributed by atoms with Crippen molar-refractivity contribution in [3.05, 3.63) is 0 Å². The summed E-state index contributed by atoms with van der Waals surface area (Å²) in [6, 6.07) is 0. The SMILES string of the molecule is CN1CCN(NC(=S)[S-])CC1.[K+]. The molecule has 0 radical (unpaired) electrons. The van der Waals surface area contributed by atoms with Gasteiger partial charge in [0.15, 0.2) is 0 Å². The zero-order chi connectivity index (χ0) is 8.27. The topological polar surface area (TPSA) is 18.5 Å². The van der Waals surface area contributed by atoms with Gasteiger partial charge in [0.1, 0.15) is 0 Å². The van der Waals surface area contributed by atoms with Crippen molar-refractivity contribution in [3.8, 4) is 0 Å². The summed E-state index contributed by atoms with van der Waals surface area (Å²) >= 11 is 9.51. The van der Waals surface area contributed by atoms with Crippen LogP contribution < -0.4 is 56.8 Å². The number of hydrazine groups is 1. The molecule has 6 heteroatoms. The molecule has 1 heterocycles. The van der Waals surface area contributed by atoms with Crippen LogP contribution >= 0.6 is 12.2 Å².